The van der Waals surface area contributed by atoms with Crippen LogP contribution in [0, 0.1) is 6.92 Å². The maximum Gasteiger partial charge on any atom is 0.130 e. The number of hydrogen-bond donors (Lipinski definition) is 2. The van der Waals surface area contributed by atoms with E-state index in [1.807, 2.05) is 41.9 Å². The third-order valence-corrected chi connectivity index (χ3v) is 3.94. The van der Waals surface area contributed by atoms with Crippen LogP contribution in [0.15, 0.2) is 30.3 Å². The van der Waals surface area contributed by atoms with Gasteiger partial charge in [-0.3, -0.25) is 0 Å². The second-order valence-corrected chi connectivity index (χ2v) is 5.22. The van der Waals surface area contributed by atoms with Crippen LogP contribution in [0.4, 0.5) is 5.82 Å². The Hall–Kier alpha value is -1.81. The molecule has 2 aromatic rings. The smallest absolute Gasteiger partial charge is 0.130 e. The molecule has 2 unspecified atom stereocenters. The van der Waals surface area contributed by atoms with Gasteiger partial charge in [-0.15, -0.1) is 0 Å². The standard InChI is InChI=1S/C15H19N3O/c1-10-14(11-6-3-2-4-7-11)15(16)18(17-10)12-8-5-9-13(12)19/h2-4,6-7,12-13,19H,5,8-9,16H2,1H3. The third kappa shape index (κ3) is 2.02. The number of rotatable bonds is 2. The van der Waals surface area contributed by atoms with Crippen molar-refractivity contribution in [2.24, 2.45) is 0 Å². The fraction of sp³-hybridized carbons (Fsp3) is 0.400. The number of nitrogens with two attached hydrogens (primary N) is 1. The summed E-state index contributed by atoms with van der Waals surface area (Å²) in [6.07, 6.45) is 2.49. The van der Waals surface area contributed by atoms with Crippen LogP contribution in [0.1, 0.15) is 31.0 Å². The molecule has 1 aliphatic carbocycles. The van der Waals surface area contributed by atoms with E-state index < -0.39 is 0 Å². The minimum absolute atomic E-state index is 0.0242. The molecule has 0 saturated heterocycles. The van der Waals surface area contributed by atoms with Crippen molar-refractivity contribution in [3.63, 3.8) is 0 Å². The molecule has 3 N–H and O–H groups in total. The lowest BCUT2D eigenvalue weighted by Gasteiger charge is -2.16. The lowest BCUT2D eigenvalue weighted by Crippen LogP contribution is -2.20. The van der Waals surface area contributed by atoms with Gasteiger partial charge in [0, 0.05) is 5.56 Å². The molecule has 0 aliphatic heterocycles. The van der Waals surface area contributed by atoms with E-state index in [0.29, 0.717) is 5.82 Å². The summed E-state index contributed by atoms with van der Waals surface area (Å²) in [6.45, 7) is 1.97. The Morgan fingerprint density at radius 2 is 2.00 bits per heavy atom. The van der Waals surface area contributed by atoms with Gasteiger partial charge in [0.2, 0.25) is 0 Å². The molecule has 1 fully saturated rings. The molecule has 0 spiro atoms. The van der Waals surface area contributed by atoms with Crippen molar-refractivity contribution in [1.82, 2.24) is 9.78 Å². The van der Waals surface area contributed by atoms with Gasteiger partial charge < -0.3 is 10.8 Å². The minimum atomic E-state index is -0.328. The Morgan fingerprint density at radius 1 is 1.26 bits per heavy atom. The highest BCUT2D eigenvalue weighted by Gasteiger charge is 2.30. The molecule has 1 saturated carbocycles. The highest BCUT2D eigenvalue weighted by molar-refractivity contribution is 5.76. The molecule has 0 amide bonds. The second kappa shape index (κ2) is 4.70. The van der Waals surface area contributed by atoms with Crippen molar-refractivity contribution in [3.8, 4) is 11.1 Å². The fourth-order valence-electron chi connectivity index (χ4n) is 2.99. The van der Waals surface area contributed by atoms with Gasteiger partial charge in [-0.05, 0) is 31.7 Å². The van der Waals surface area contributed by atoms with Crippen molar-refractivity contribution in [2.75, 3.05) is 5.73 Å². The van der Waals surface area contributed by atoms with Crippen LogP contribution in [0.25, 0.3) is 11.1 Å². The van der Waals surface area contributed by atoms with E-state index in [4.69, 9.17) is 5.73 Å². The predicted molar refractivity (Wildman–Crippen MR) is 75.7 cm³/mol. The van der Waals surface area contributed by atoms with Crippen LogP contribution in [-0.2, 0) is 0 Å². The van der Waals surface area contributed by atoms with Gasteiger partial charge in [0.15, 0.2) is 0 Å². The normalized spacial score (nSPS) is 22.8. The highest BCUT2D eigenvalue weighted by Crippen LogP contribution is 2.36. The summed E-state index contributed by atoms with van der Waals surface area (Å²) in [5, 5.41) is 14.6. The zero-order valence-corrected chi connectivity index (χ0v) is 11.1. The molecule has 1 aromatic heterocycles. The van der Waals surface area contributed by atoms with Crippen LogP contribution in [0.3, 0.4) is 0 Å². The molecular weight excluding hydrogens is 238 g/mol. The molecule has 1 heterocycles. The first-order valence-corrected chi connectivity index (χ1v) is 6.76. The van der Waals surface area contributed by atoms with E-state index in [2.05, 4.69) is 5.10 Å². The van der Waals surface area contributed by atoms with Gasteiger partial charge in [-0.2, -0.15) is 5.10 Å². The summed E-state index contributed by atoms with van der Waals surface area (Å²) in [4.78, 5) is 0. The van der Waals surface area contributed by atoms with Crippen molar-refractivity contribution >= 4 is 5.82 Å². The average molecular weight is 257 g/mol. The zero-order valence-electron chi connectivity index (χ0n) is 11.1. The van der Waals surface area contributed by atoms with E-state index in [-0.39, 0.29) is 12.1 Å². The number of aliphatic hydroxyl groups is 1. The number of aryl methyl sites for hydroxylation is 1. The third-order valence-electron chi connectivity index (χ3n) is 3.94. The maximum atomic E-state index is 10.0. The Kier molecular flexibility index (Phi) is 3.03. The van der Waals surface area contributed by atoms with Gasteiger partial charge in [-0.1, -0.05) is 30.3 Å². The number of nitrogens with zero attached hydrogens (tertiary/aromatic N) is 2. The predicted octanol–water partition coefficient (Wildman–Crippen LogP) is 2.53. The summed E-state index contributed by atoms with van der Waals surface area (Å²) in [7, 11) is 0. The van der Waals surface area contributed by atoms with Gasteiger partial charge in [0.25, 0.3) is 0 Å². The second-order valence-electron chi connectivity index (χ2n) is 5.22. The summed E-state index contributed by atoms with van der Waals surface area (Å²) in [5.41, 5.74) is 9.25. The number of aromatic nitrogens is 2. The molecule has 4 heteroatoms. The molecule has 1 aliphatic rings. The Balaban J connectivity index is 2.06. The molecule has 4 nitrogen and oxygen atoms in total. The Bertz CT molecular complexity index is 577. The quantitative estimate of drug-likeness (QED) is 0.869. The van der Waals surface area contributed by atoms with Crippen LogP contribution < -0.4 is 5.73 Å². The fourth-order valence-corrected chi connectivity index (χ4v) is 2.99. The van der Waals surface area contributed by atoms with Crippen molar-refractivity contribution in [3.05, 3.63) is 36.0 Å². The summed E-state index contributed by atoms with van der Waals surface area (Å²) in [6, 6.07) is 10.1. The molecule has 3 rings (SSSR count). The van der Waals surface area contributed by atoms with Crippen LogP contribution in [0.2, 0.25) is 0 Å². The molecular formula is C15H19N3O. The number of hydrogen-bond acceptors (Lipinski definition) is 3. The Morgan fingerprint density at radius 3 is 2.63 bits per heavy atom. The average Bonchev–Trinajstić information content (AvgIpc) is 2.94. The number of anilines is 1. The summed E-state index contributed by atoms with van der Waals surface area (Å²) >= 11 is 0. The molecule has 2 atom stereocenters. The number of benzene rings is 1. The minimum Gasteiger partial charge on any atom is -0.391 e. The lowest BCUT2D eigenvalue weighted by atomic mass is 10.1. The van der Waals surface area contributed by atoms with E-state index in [1.54, 1.807) is 0 Å². The topological polar surface area (TPSA) is 64.1 Å². The first-order valence-electron chi connectivity index (χ1n) is 6.76. The van der Waals surface area contributed by atoms with E-state index in [9.17, 15) is 5.11 Å². The van der Waals surface area contributed by atoms with Crippen molar-refractivity contribution in [2.45, 2.75) is 38.3 Å². The van der Waals surface area contributed by atoms with Crippen molar-refractivity contribution < 1.29 is 5.11 Å². The van der Waals surface area contributed by atoms with Crippen LogP contribution >= 0.6 is 0 Å². The zero-order chi connectivity index (χ0) is 13.4. The molecule has 1 aromatic carbocycles. The SMILES string of the molecule is Cc1nn(C2CCCC2O)c(N)c1-c1ccccc1. The van der Waals surface area contributed by atoms with Gasteiger partial charge >= 0.3 is 0 Å². The van der Waals surface area contributed by atoms with Crippen LogP contribution in [0.5, 0.6) is 0 Å². The molecule has 19 heavy (non-hydrogen) atoms. The highest BCUT2D eigenvalue weighted by atomic mass is 16.3. The molecule has 0 bridgehead atoms. The van der Waals surface area contributed by atoms with Gasteiger partial charge in [0.1, 0.15) is 5.82 Å². The van der Waals surface area contributed by atoms with Crippen LogP contribution in [-0.4, -0.2) is 21.0 Å². The first-order chi connectivity index (χ1) is 9.18. The number of aliphatic hydroxyl groups excluding tert-OH is 1. The van der Waals surface area contributed by atoms with E-state index in [0.717, 1.165) is 36.1 Å². The monoisotopic (exact) mass is 257 g/mol. The summed E-state index contributed by atoms with van der Waals surface area (Å²) < 4.78 is 1.81. The first kappa shape index (κ1) is 12.2. The maximum absolute atomic E-state index is 10.0. The molecule has 0 radical (unpaired) electrons. The lowest BCUT2D eigenvalue weighted by molar-refractivity contribution is 0.131. The molecule has 100 valence electrons. The Labute approximate surface area is 112 Å². The van der Waals surface area contributed by atoms with E-state index >= 15 is 0 Å². The summed E-state index contributed by atoms with van der Waals surface area (Å²) in [5.74, 6) is 0.662. The van der Waals surface area contributed by atoms with Crippen molar-refractivity contribution in [1.29, 1.82) is 0 Å². The number of nitrogen functional groups attached to an aromatic ring is 1. The largest absolute Gasteiger partial charge is 0.391 e. The van der Waals surface area contributed by atoms with Gasteiger partial charge in [0.05, 0.1) is 17.8 Å². The van der Waals surface area contributed by atoms with Gasteiger partial charge in [-0.25, -0.2) is 4.68 Å². The van der Waals surface area contributed by atoms with E-state index in [1.165, 1.54) is 0 Å².